The van der Waals surface area contributed by atoms with Crippen molar-refractivity contribution in [3.05, 3.63) is 36.2 Å². The molecule has 0 radical (unpaired) electrons. The van der Waals surface area contributed by atoms with E-state index in [1.54, 1.807) is 0 Å². The molecule has 0 atom stereocenters. The molecule has 0 aliphatic rings. The molecule has 0 aliphatic carbocycles. The van der Waals surface area contributed by atoms with Gasteiger partial charge in [-0.05, 0) is 26.0 Å². The van der Waals surface area contributed by atoms with Gasteiger partial charge in [0.05, 0.1) is 12.2 Å². The van der Waals surface area contributed by atoms with Crippen molar-refractivity contribution in [2.45, 2.75) is 13.8 Å². The maximum atomic E-state index is 5.77. The summed E-state index contributed by atoms with van der Waals surface area (Å²) < 4.78 is 11.2. The fourth-order valence-corrected chi connectivity index (χ4v) is 1.69. The summed E-state index contributed by atoms with van der Waals surface area (Å²) in [5, 5.41) is 3.00. The topological polar surface area (TPSA) is 56.3 Å². The first kappa shape index (κ1) is 13.1. The Morgan fingerprint density at radius 1 is 1.21 bits per heavy atom. The molecule has 0 saturated carbocycles. The van der Waals surface area contributed by atoms with Crippen molar-refractivity contribution in [1.82, 2.24) is 9.97 Å². The predicted molar refractivity (Wildman–Crippen MR) is 74.0 cm³/mol. The molecular weight excluding hydrogens is 242 g/mol. The summed E-state index contributed by atoms with van der Waals surface area (Å²) in [4.78, 5) is 8.26. The van der Waals surface area contributed by atoms with Gasteiger partial charge in [-0.1, -0.05) is 6.07 Å². The van der Waals surface area contributed by atoms with Crippen LogP contribution < -0.4 is 14.8 Å². The van der Waals surface area contributed by atoms with Gasteiger partial charge in [-0.15, -0.1) is 0 Å². The van der Waals surface area contributed by atoms with Crippen LogP contribution >= 0.6 is 0 Å². The van der Waals surface area contributed by atoms with Gasteiger partial charge >= 0.3 is 0 Å². The fourth-order valence-electron chi connectivity index (χ4n) is 1.69. The summed E-state index contributed by atoms with van der Waals surface area (Å²) in [7, 11) is 1.81. The molecule has 100 valence electrons. The molecule has 0 spiro atoms. The van der Waals surface area contributed by atoms with E-state index in [0.717, 1.165) is 17.1 Å². The van der Waals surface area contributed by atoms with Gasteiger partial charge in [-0.2, -0.15) is 0 Å². The van der Waals surface area contributed by atoms with Crippen molar-refractivity contribution in [1.29, 1.82) is 0 Å². The summed E-state index contributed by atoms with van der Waals surface area (Å²) >= 11 is 0. The number of nitrogens with one attached hydrogen (secondary N) is 1. The minimum Gasteiger partial charge on any atom is -0.494 e. The standard InChI is InChI=1S/C14H17N3O2/c1-4-18-11-6-5-7-12(8-11)19-14-10(2)13(15-3)16-9-17-14/h5-9H,4H2,1-3H3,(H,15,16,17). The van der Waals surface area contributed by atoms with Crippen LogP contribution in [0.5, 0.6) is 17.4 Å². The quantitative estimate of drug-likeness (QED) is 0.894. The lowest BCUT2D eigenvalue weighted by Gasteiger charge is -2.11. The van der Waals surface area contributed by atoms with Crippen molar-refractivity contribution in [2.75, 3.05) is 19.0 Å². The highest BCUT2D eigenvalue weighted by Gasteiger charge is 2.08. The van der Waals surface area contributed by atoms with Crippen molar-refractivity contribution >= 4 is 5.82 Å². The first-order valence-corrected chi connectivity index (χ1v) is 6.14. The number of anilines is 1. The van der Waals surface area contributed by atoms with Gasteiger partial charge in [-0.25, -0.2) is 9.97 Å². The molecular formula is C14H17N3O2. The third-order valence-electron chi connectivity index (χ3n) is 2.61. The Labute approximate surface area is 112 Å². The van der Waals surface area contributed by atoms with Crippen LogP contribution in [0.3, 0.4) is 0 Å². The van der Waals surface area contributed by atoms with Crippen LogP contribution in [0.2, 0.25) is 0 Å². The Hall–Kier alpha value is -2.30. The molecule has 1 N–H and O–H groups in total. The predicted octanol–water partition coefficient (Wildman–Crippen LogP) is 3.02. The van der Waals surface area contributed by atoms with Gasteiger partial charge in [0.1, 0.15) is 23.6 Å². The third-order valence-corrected chi connectivity index (χ3v) is 2.61. The number of hydrogen-bond acceptors (Lipinski definition) is 5. The number of rotatable bonds is 5. The van der Waals surface area contributed by atoms with Gasteiger partial charge in [0.2, 0.25) is 5.88 Å². The number of benzene rings is 1. The lowest BCUT2D eigenvalue weighted by Crippen LogP contribution is -2.00. The van der Waals surface area contributed by atoms with Crippen LogP contribution in [0.4, 0.5) is 5.82 Å². The van der Waals surface area contributed by atoms with Crippen molar-refractivity contribution in [3.63, 3.8) is 0 Å². The highest BCUT2D eigenvalue weighted by Crippen LogP contribution is 2.27. The third kappa shape index (κ3) is 3.13. The van der Waals surface area contributed by atoms with E-state index in [4.69, 9.17) is 9.47 Å². The number of hydrogen-bond donors (Lipinski definition) is 1. The number of nitrogens with zero attached hydrogens (tertiary/aromatic N) is 2. The van der Waals surface area contributed by atoms with Gasteiger partial charge < -0.3 is 14.8 Å². The van der Waals surface area contributed by atoms with E-state index in [0.29, 0.717) is 18.2 Å². The monoisotopic (exact) mass is 259 g/mol. The van der Waals surface area contributed by atoms with E-state index in [-0.39, 0.29) is 0 Å². The normalized spacial score (nSPS) is 10.1. The SMILES string of the molecule is CCOc1cccc(Oc2ncnc(NC)c2C)c1. The smallest absolute Gasteiger partial charge is 0.227 e. The highest BCUT2D eigenvalue weighted by atomic mass is 16.5. The molecule has 2 rings (SSSR count). The summed E-state index contributed by atoms with van der Waals surface area (Å²) in [6, 6.07) is 7.48. The largest absolute Gasteiger partial charge is 0.494 e. The van der Waals surface area contributed by atoms with Crippen molar-refractivity contribution < 1.29 is 9.47 Å². The molecule has 0 unspecified atom stereocenters. The Kier molecular flexibility index (Phi) is 4.18. The molecule has 0 fully saturated rings. The summed E-state index contributed by atoms with van der Waals surface area (Å²) in [6.07, 6.45) is 1.47. The zero-order valence-corrected chi connectivity index (χ0v) is 11.3. The lowest BCUT2D eigenvalue weighted by molar-refractivity contribution is 0.338. The van der Waals surface area contributed by atoms with Crippen LogP contribution in [-0.2, 0) is 0 Å². The molecule has 1 heterocycles. The van der Waals surface area contributed by atoms with E-state index in [1.807, 2.05) is 45.2 Å². The zero-order valence-electron chi connectivity index (χ0n) is 11.3. The maximum absolute atomic E-state index is 5.77. The molecule has 19 heavy (non-hydrogen) atoms. The molecule has 1 aromatic heterocycles. The number of aromatic nitrogens is 2. The molecule has 0 amide bonds. The number of ether oxygens (including phenoxy) is 2. The van der Waals surface area contributed by atoms with E-state index in [2.05, 4.69) is 15.3 Å². The van der Waals surface area contributed by atoms with E-state index >= 15 is 0 Å². The van der Waals surface area contributed by atoms with Crippen LogP contribution in [-0.4, -0.2) is 23.6 Å². The van der Waals surface area contributed by atoms with Gasteiger partial charge in [0.25, 0.3) is 0 Å². The molecule has 0 bridgehead atoms. The van der Waals surface area contributed by atoms with Crippen LogP contribution in [0, 0.1) is 6.92 Å². The molecule has 0 aliphatic heterocycles. The van der Waals surface area contributed by atoms with Crippen LogP contribution in [0.25, 0.3) is 0 Å². The van der Waals surface area contributed by atoms with Crippen LogP contribution in [0.1, 0.15) is 12.5 Å². The lowest BCUT2D eigenvalue weighted by atomic mass is 10.3. The Morgan fingerprint density at radius 2 is 2.00 bits per heavy atom. The second kappa shape index (κ2) is 6.04. The van der Waals surface area contributed by atoms with Crippen LogP contribution in [0.15, 0.2) is 30.6 Å². The van der Waals surface area contributed by atoms with Crippen molar-refractivity contribution in [3.8, 4) is 17.4 Å². The Morgan fingerprint density at radius 3 is 2.74 bits per heavy atom. The summed E-state index contributed by atoms with van der Waals surface area (Å²) in [5.41, 5.74) is 0.867. The fraction of sp³-hybridized carbons (Fsp3) is 0.286. The van der Waals surface area contributed by atoms with Gasteiger partial charge in [0, 0.05) is 13.1 Å². The van der Waals surface area contributed by atoms with Gasteiger partial charge in [-0.3, -0.25) is 0 Å². The van der Waals surface area contributed by atoms with Gasteiger partial charge in [0.15, 0.2) is 0 Å². The first-order chi connectivity index (χ1) is 9.24. The molecule has 2 aromatic rings. The van der Waals surface area contributed by atoms with E-state index < -0.39 is 0 Å². The average molecular weight is 259 g/mol. The second-order valence-corrected chi connectivity index (χ2v) is 3.91. The Balaban J connectivity index is 2.23. The van der Waals surface area contributed by atoms with E-state index in [1.165, 1.54) is 6.33 Å². The summed E-state index contributed by atoms with van der Waals surface area (Å²) in [6.45, 7) is 4.48. The Bertz CT molecular complexity index is 558. The van der Waals surface area contributed by atoms with E-state index in [9.17, 15) is 0 Å². The maximum Gasteiger partial charge on any atom is 0.227 e. The highest BCUT2D eigenvalue weighted by molar-refractivity contribution is 5.48. The minimum absolute atomic E-state index is 0.535. The molecule has 1 aromatic carbocycles. The molecule has 0 saturated heterocycles. The summed E-state index contributed by atoms with van der Waals surface area (Å²) in [5.74, 6) is 2.76. The first-order valence-electron chi connectivity index (χ1n) is 6.14. The van der Waals surface area contributed by atoms with Crippen molar-refractivity contribution in [2.24, 2.45) is 0 Å². The molecule has 5 heteroatoms. The zero-order chi connectivity index (χ0) is 13.7. The molecule has 5 nitrogen and oxygen atoms in total. The average Bonchev–Trinajstić information content (AvgIpc) is 2.42. The minimum atomic E-state index is 0.535. The second-order valence-electron chi connectivity index (χ2n) is 3.91.